The second-order valence-electron chi connectivity index (χ2n) is 4.60. The smallest absolute Gasteiger partial charge is 0.325 e. The number of carbonyl (C=O) groups is 2. The minimum atomic E-state index is -0.455. The van der Waals surface area contributed by atoms with Gasteiger partial charge in [-0.25, -0.2) is 4.39 Å². The molecule has 4 nitrogen and oxygen atoms in total. The van der Waals surface area contributed by atoms with Gasteiger partial charge in [-0.3, -0.25) is 9.59 Å². The third-order valence-electron chi connectivity index (χ3n) is 3.02. The lowest BCUT2D eigenvalue weighted by Crippen LogP contribution is -2.36. The fraction of sp³-hybridized carbons (Fsp3) is 0.333. The molecule has 112 valence electrons. The maximum Gasteiger partial charge on any atom is 0.325 e. The maximum atomic E-state index is 13.2. The lowest BCUT2D eigenvalue weighted by atomic mass is 10.2. The van der Waals surface area contributed by atoms with Gasteiger partial charge in [0, 0.05) is 11.2 Å². The number of ether oxygens (including phenoxy) is 1. The highest BCUT2D eigenvalue weighted by molar-refractivity contribution is 7.20. The molecule has 0 aliphatic carbocycles. The van der Waals surface area contributed by atoms with Crippen molar-refractivity contribution in [3.63, 3.8) is 0 Å². The van der Waals surface area contributed by atoms with Gasteiger partial charge in [-0.1, -0.05) is 13.0 Å². The number of carbonyl (C=O) groups excluding carboxylic acids is 2. The van der Waals surface area contributed by atoms with Crippen molar-refractivity contribution >= 4 is 33.3 Å². The average molecular weight is 309 g/mol. The summed E-state index contributed by atoms with van der Waals surface area (Å²) in [5.41, 5.74) is 0. The summed E-state index contributed by atoms with van der Waals surface area (Å²) in [6.07, 6.45) is 0.738. The molecule has 1 heterocycles. The number of halogens is 1. The molecule has 2 rings (SSSR count). The zero-order valence-corrected chi connectivity index (χ0v) is 12.7. The standard InChI is InChI=1S/C15H16FNO3S/c1-3-6-17(9-14(18)20-2)15(19)13-7-10-4-5-11(16)8-12(10)21-13/h4-5,7-8H,3,6,9H2,1-2H3. The van der Waals surface area contributed by atoms with Gasteiger partial charge in [0.05, 0.1) is 12.0 Å². The van der Waals surface area contributed by atoms with Crippen LogP contribution in [0.15, 0.2) is 24.3 Å². The fourth-order valence-electron chi connectivity index (χ4n) is 2.01. The molecule has 21 heavy (non-hydrogen) atoms. The van der Waals surface area contributed by atoms with E-state index in [0.29, 0.717) is 16.1 Å². The highest BCUT2D eigenvalue weighted by Gasteiger charge is 2.20. The Morgan fingerprint density at radius 1 is 1.33 bits per heavy atom. The number of hydrogen-bond acceptors (Lipinski definition) is 4. The monoisotopic (exact) mass is 309 g/mol. The first-order valence-electron chi connectivity index (χ1n) is 6.60. The van der Waals surface area contributed by atoms with Crippen molar-refractivity contribution in [3.05, 3.63) is 35.0 Å². The molecule has 0 atom stereocenters. The van der Waals surface area contributed by atoms with E-state index in [9.17, 15) is 14.0 Å². The Bertz CT molecular complexity index is 668. The highest BCUT2D eigenvalue weighted by Crippen LogP contribution is 2.27. The molecule has 1 amide bonds. The largest absolute Gasteiger partial charge is 0.468 e. The molecule has 0 unspecified atom stereocenters. The second kappa shape index (κ2) is 6.67. The van der Waals surface area contributed by atoms with E-state index >= 15 is 0 Å². The summed E-state index contributed by atoms with van der Waals surface area (Å²) in [6, 6.07) is 6.13. The summed E-state index contributed by atoms with van der Waals surface area (Å²) in [4.78, 5) is 25.8. The molecule has 0 N–H and O–H groups in total. The van der Waals surface area contributed by atoms with Crippen molar-refractivity contribution in [2.45, 2.75) is 13.3 Å². The molecule has 1 aromatic carbocycles. The van der Waals surface area contributed by atoms with E-state index in [4.69, 9.17) is 0 Å². The highest BCUT2D eigenvalue weighted by atomic mass is 32.1. The van der Waals surface area contributed by atoms with Crippen LogP contribution < -0.4 is 0 Å². The summed E-state index contributed by atoms with van der Waals surface area (Å²) in [5.74, 6) is -1.02. The van der Waals surface area contributed by atoms with E-state index in [2.05, 4.69) is 4.74 Å². The normalized spacial score (nSPS) is 10.6. The van der Waals surface area contributed by atoms with E-state index in [1.54, 1.807) is 12.1 Å². The van der Waals surface area contributed by atoms with Crippen LogP contribution in [0.2, 0.25) is 0 Å². The zero-order valence-electron chi connectivity index (χ0n) is 11.9. The number of nitrogens with zero attached hydrogens (tertiary/aromatic N) is 1. The van der Waals surface area contributed by atoms with Crippen molar-refractivity contribution < 1.29 is 18.7 Å². The molecule has 0 saturated carbocycles. The molecule has 0 aliphatic heterocycles. The third kappa shape index (κ3) is 3.58. The van der Waals surface area contributed by atoms with Crippen LogP contribution in [0.5, 0.6) is 0 Å². The first-order chi connectivity index (χ1) is 10.0. The van der Waals surface area contributed by atoms with Crippen molar-refractivity contribution in [1.82, 2.24) is 4.90 Å². The Labute approximate surface area is 126 Å². The molecular weight excluding hydrogens is 293 g/mol. The summed E-state index contributed by atoms with van der Waals surface area (Å²) < 4.78 is 18.5. The predicted octanol–water partition coefficient (Wildman–Crippen LogP) is 3.07. The predicted molar refractivity (Wildman–Crippen MR) is 80.0 cm³/mol. The molecule has 0 fully saturated rings. The van der Waals surface area contributed by atoms with Crippen LogP contribution in [-0.4, -0.2) is 37.0 Å². The van der Waals surface area contributed by atoms with Crippen LogP contribution in [0.3, 0.4) is 0 Å². The van der Waals surface area contributed by atoms with Gasteiger partial charge in [0.2, 0.25) is 0 Å². The number of thiophene rings is 1. The van der Waals surface area contributed by atoms with Gasteiger partial charge in [-0.05, 0) is 30.0 Å². The van der Waals surface area contributed by atoms with Gasteiger partial charge in [-0.2, -0.15) is 0 Å². The van der Waals surface area contributed by atoms with Crippen molar-refractivity contribution in [2.24, 2.45) is 0 Å². The lowest BCUT2D eigenvalue weighted by molar-refractivity contribution is -0.141. The van der Waals surface area contributed by atoms with Gasteiger partial charge in [0.25, 0.3) is 5.91 Å². The van der Waals surface area contributed by atoms with Gasteiger partial charge in [0.15, 0.2) is 0 Å². The Morgan fingerprint density at radius 3 is 2.76 bits per heavy atom. The molecule has 1 aromatic heterocycles. The quantitative estimate of drug-likeness (QED) is 0.798. The van der Waals surface area contributed by atoms with Crippen molar-refractivity contribution in [2.75, 3.05) is 20.2 Å². The van der Waals surface area contributed by atoms with Crippen LogP contribution in [0.4, 0.5) is 4.39 Å². The number of hydrogen-bond donors (Lipinski definition) is 0. The van der Waals surface area contributed by atoms with E-state index < -0.39 is 5.97 Å². The zero-order chi connectivity index (χ0) is 15.4. The van der Waals surface area contributed by atoms with E-state index in [-0.39, 0.29) is 18.3 Å². The summed E-state index contributed by atoms with van der Waals surface area (Å²) in [7, 11) is 1.29. The lowest BCUT2D eigenvalue weighted by Gasteiger charge is -2.19. The van der Waals surface area contributed by atoms with Crippen LogP contribution in [0.25, 0.3) is 10.1 Å². The second-order valence-corrected chi connectivity index (χ2v) is 5.68. The van der Waals surface area contributed by atoms with Crippen LogP contribution in [0.1, 0.15) is 23.0 Å². The van der Waals surface area contributed by atoms with Gasteiger partial charge in [-0.15, -0.1) is 11.3 Å². The first kappa shape index (κ1) is 15.4. The number of amides is 1. The molecule has 2 aromatic rings. The van der Waals surface area contributed by atoms with Crippen LogP contribution >= 0.6 is 11.3 Å². The number of fused-ring (bicyclic) bond motifs is 1. The molecule has 0 bridgehead atoms. The molecule has 0 spiro atoms. The molecule has 0 radical (unpaired) electrons. The Hall–Kier alpha value is -1.95. The van der Waals surface area contributed by atoms with E-state index in [1.165, 1.54) is 35.5 Å². The maximum absolute atomic E-state index is 13.2. The minimum Gasteiger partial charge on any atom is -0.468 e. The van der Waals surface area contributed by atoms with Crippen molar-refractivity contribution in [3.8, 4) is 0 Å². The van der Waals surface area contributed by atoms with Gasteiger partial charge >= 0.3 is 5.97 Å². The molecule has 0 saturated heterocycles. The van der Waals surface area contributed by atoms with Crippen LogP contribution in [-0.2, 0) is 9.53 Å². The van der Waals surface area contributed by atoms with Crippen molar-refractivity contribution in [1.29, 1.82) is 0 Å². The summed E-state index contributed by atoms with van der Waals surface area (Å²) in [6.45, 7) is 2.32. The number of rotatable bonds is 5. The summed E-state index contributed by atoms with van der Waals surface area (Å²) in [5, 5.41) is 0.819. The number of esters is 1. The average Bonchev–Trinajstić information content (AvgIpc) is 2.88. The van der Waals surface area contributed by atoms with Crippen LogP contribution in [0, 0.1) is 5.82 Å². The van der Waals surface area contributed by atoms with Gasteiger partial charge in [0.1, 0.15) is 12.4 Å². The minimum absolute atomic E-state index is 0.0776. The topological polar surface area (TPSA) is 46.6 Å². The third-order valence-corrected chi connectivity index (χ3v) is 4.11. The number of methoxy groups -OCH3 is 1. The summed E-state index contributed by atoms with van der Waals surface area (Å²) >= 11 is 1.23. The Morgan fingerprint density at radius 2 is 2.10 bits per heavy atom. The van der Waals surface area contributed by atoms with E-state index in [0.717, 1.165) is 11.8 Å². The molecular formula is C15H16FNO3S. The molecule has 0 aliphatic rings. The van der Waals surface area contributed by atoms with Gasteiger partial charge < -0.3 is 9.64 Å². The first-order valence-corrected chi connectivity index (χ1v) is 7.42. The SMILES string of the molecule is CCCN(CC(=O)OC)C(=O)c1cc2ccc(F)cc2s1. The molecule has 6 heteroatoms. The Balaban J connectivity index is 2.27. The van der Waals surface area contributed by atoms with E-state index in [1.807, 2.05) is 6.92 Å². The number of benzene rings is 1. The fourth-order valence-corrected chi connectivity index (χ4v) is 3.06. The Kier molecular flexibility index (Phi) is 4.90.